The van der Waals surface area contributed by atoms with Gasteiger partial charge in [0.15, 0.2) is 0 Å². The van der Waals surface area contributed by atoms with Crippen molar-refractivity contribution >= 4 is 0 Å². The monoisotopic (exact) mass is 370 g/mol. The average molecular weight is 371 g/mol. The van der Waals surface area contributed by atoms with Crippen LogP contribution in [0, 0.1) is 27.7 Å². The maximum absolute atomic E-state index is 4.84. The predicted molar refractivity (Wildman–Crippen MR) is 113 cm³/mol. The summed E-state index contributed by atoms with van der Waals surface area (Å²) in [4.78, 5) is 0. The molecule has 2 heterocycles. The van der Waals surface area contributed by atoms with Crippen LogP contribution in [0.3, 0.4) is 0 Å². The zero-order chi connectivity index (χ0) is 19.7. The van der Waals surface area contributed by atoms with Gasteiger partial charge in [0, 0.05) is 22.5 Å². The first-order chi connectivity index (χ1) is 13.5. The Kier molecular flexibility index (Phi) is 4.86. The third-order valence-corrected chi connectivity index (χ3v) is 5.36. The van der Waals surface area contributed by atoms with Crippen molar-refractivity contribution in [2.24, 2.45) is 0 Å². The molecule has 0 aliphatic rings. The molecule has 0 fully saturated rings. The molecule has 2 aromatic heterocycles. The molecule has 0 aliphatic carbocycles. The molecule has 0 unspecified atom stereocenters. The topological polar surface area (TPSA) is 35.6 Å². The summed E-state index contributed by atoms with van der Waals surface area (Å²) < 4.78 is 4.21. The number of aryl methyl sites for hydroxylation is 2. The number of hydrogen-bond donors (Lipinski definition) is 0. The normalized spacial score (nSPS) is 11.1. The Hall–Kier alpha value is -3.14. The first kappa shape index (κ1) is 18.2. The van der Waals surface area contributed by atoms with Gasteiger partial charge in [-0.25, -0.2) is 0 Å². The van der Waals surface area contributed by atoms with E-state index in [2.05, 4.69) is 85.6 Å². The van der Waals surface area contributed by atoms with Crippen molar-refractivity contribution in [2.45, 2.75) is 40.8 Å². The van der Waals surface area contributed by atoms with Gasteiger partial charge in [0.25, 0.3) is 0 Å². The molecule has 0 amide bonds. The maximum atomic E-state index is 4.84. The van der Waals surface area contributed by atoms with Crippen LogP contribution in [0.25, 0.3) is 11.1 Å². The number of benzene rings is 2. The summed E-state index contributed by atoms with van der Waals surface area (Å²) in [6.45, 7) is 10.1. The third-order valence-electron chi connectivity index (χ3n) is 5.36. The van der Waals surface area contributed by atoms with Crippen LogP contribution in [0.2, 0.25) is 0 Å². The Bertz CT molecular complexity index is 999. The van der Waals surface area contributed by atoms with Crippen molar-refractivity contribution in [1.82, 2.24) is 19.6 Å². The molecule has 142 valence electrons. The standard InChI is InChI=1S/C24H26N4/c1-17-23(19(3)27(25-17)15-21-11-7-5-8-12-21)24-18(2)26-28(20(24)4)16-22-13-9-6-10-14-22/h5-14H,15-16H2,1-4H3. The Morgan fingerprint density at radius 1 is 0.571 bits per heavy atom. The molecule has 0 saturated heterocycles. The van der Waals surface area contributed by atoms with Crippen molar-refractivity contribution in [3.05, 3.63) is 94.6 Å². The van der Waals surface area contributed by atoms with Gasteiger partial charge in [-0.15, -0.1) is 0 Å². The Morgan fingerprint density at radius 3 is 1.29 bits per heavy atom. The minimum absolute atomic E-state index is 0.782. The molecule has 0 N–H and O–H groups in total. The molecule has 0 bridgehead atoms. The Balaban J connectivity index is 1.71. The van der Waals surface area contributed by atoms with E-state index in [0.29, 0.717) is 0 Å². The fourth-order valence-corrected chi connectivity index (χ4v) is 3.94. The summed E-state index contributed by atoms with van der Waals surface area (Å²) >= 11 is 0. The summed E-state index contributed by atoms with van der Waals surface area (Å²) in [5.74, 6) is 0. The SMILES string of the molecule is Cc1nn(Cc2ccccc2)c(C)c1-c1c(C)nn(Cc2ccccc2)c1C. The minimum Gasteiger partial charge on any atom is -0.265 e. The predicted octanol–water partition coefficient (Wildman–Crippen LogP) is 5.08. The fraction of sp³-hybridized carbons (Fsp3) is 0.250. The highest BCUT2D eigenvalue weighted by Crippen LogP contribution is 2.33. The molecule has 4 rings (SSSR count). The summed E-state index contributed by atoms with van der Waals surface area (Å²) in [7, 11) is 0. The Labute approximate surface area is 166 Å². The molecule has 28 heavy (non-hydrogen) atoms. The Morgan fingerprint density at radius 2 is 0.929 bits per heavy atom. The first-order valence-corrected chi connectivity index (χ1v) is 9.71. The van der Waals surface area contributed by atoms with Gasteiger partial charge in [-0.1, -0.05) is 60.7 Å². The van der Waals surface area contributed by atoms with Gasteiger partial charge in [-0.2, -0.15) is 10.2 Å². The zero-order valence-electron chi connectivity index (χ0n) is 17.0. The van der Waals surface area contributed by atoms with Crippen LogP contribution in [-0.2, 0) is 13.1 Å². The number of rotatable bonds is 5. The van der Waals surface area contributed by atoms with E-state index in [4.69, 9.17) is 10.2 Å². The van der Waals surface area contributed by atoms with E-state index >= 15 is 0 Å². The third kappa shape index (κ3) is 3.38. The van der Waals surface area contributed by atoms with Gasteiger partial charge in [0.2, 0.25) is 0 Å². The lowest BCUT2D eigenvalue weighted by atomic mass is 10.0. The average Bonchev–Trinajstić information content (AvgIpc) is 3.12. The molecule has 0 saturated carbocycles. The van der Waals surface area contributed by atoms with Gasteiger partial charge >= 0.3 is 0 Å². The van der Waals surface area contributed by atoms with Crippen LogP contribution in [-0.4, -0.2) is 19.6 Å². The van der Waals surface area contributed by atoms with Gasteiger partial charge in [-0.3, -0.25) is 9.36 Å². The molecule has 4 aromatic rings. The van der Waals surface area contributed by atoms with Crippen LogP contribution in [0.5, 0.6) is 0 Å². The minimum atomic E-state index is 0.782. The van der Waals surface area contributed by atoms with Crippen LogP contribution in [0.1, 0.15) is 33.9 Å². The largest absolute Gasteiger partial charge is 0.265 e. The van der Waals surface area contributed by atoms with E-state index in [1.807, 2.05) is 12.1 Å². The summed E-state index contributed by atoms with van der Waals surface area (Å²) in [6, 6.07) is 21.0. The molecule has 0 spiro atoms. The van der Waals surface area contributed by atoms with Crippen molar-refractivity contribution in [3.8, 4) is 11.1 Å². The van der Waals surface area contributed by atoms with Crippen molar-refractivity contribution in [1.29, 1.82) is 0 Å². The molecule has 0 radical (unpaired) electrons. The van der Waals surface area contributed by atoms with E-state index in [1.165, 1.54) is 33.6 Å². The first-order valence-electron chi connectivity index (χ1n) is 9.71. The van der Waals surface area contributed by atoms with Crippen molar-refractivity contribution < 1.29 is 0 Å². The highest BCUT2D eigenvalue weighted by atomic mass is 15.3. The van der Waals surface area contributed by atoms with Crippen LogP contribution < -0.4 is 0 Å². The molecule has 2 aromatic carbocycles. The lowest BCUT2D eigenvalue weighted by molar-refractivity contribution is 0.658. The van der Waals surface area contributed by atoms with Gasteiger partial charge in [0.05, 0.1) is 24.5 Å². The molecular formula is C24H26N4. The lowest BCUT2D eigenvalue weighted by Crippen LogP contribution is -2.04. The quantitative estimate of drug-likeness (QED) is 0.491. The number of hydrogen-bond acceptors (Lipinski definition) is 2. The van der Waals surface area contributed by atoms with Gasteiger partial charge < -0.3 is 0 Å². The van der Waals surface area contributed by atoms with E-state index < -0.39 is 0 Å². The second-order valence-corrected chi connectivity index (χ2v) is 7.38. The molecule has 4 nitrogen and oxygen atoms in total. The van der Waals surface area contributed by atoms with E-state index in [-0.39, 0.29) is 0 Å². The summed E-state index contributed by atoms with van der Waals surface area (Å²) in [6.07, 6.45) is 0. The lowest BCUT2D eigenvalue weighted by Gasteiger charge is -2.08. The van der Waals surface area contributed by atoms with Crippen LogP contribution in [0.4, 0.5) is 0 Å². The van der Waals surface area contributed by atoms with Gasteiger partial charge in [-0.05, 0) is 38.8 Å². The molecule has 0 atom stereocenters. The molecular weight excluding hydrogens is 344 g/mol. The van der Waals surface area contributed by atoms with Crippen LogP contribution in [0.15, 0.2) is 60.7 Å². The fourth-order valence-electron chi connectivity index (χ4n) is 3.94. The molecule has 4 heteroatoms. The highest BCUT2D eigenvalue weighted by Gasteiger charge is 2.21. The smallest absolute Gasteiger partial charge is 0.0676 e. The maximum Gasteiger partial charge on any atom is 0.0676 e. The second-order valence-electron chi connectivity index (χ2n) is 7.38. The summed E-state index contributed by atoms with van der Waals surface area (Å²) in [5.41, 5.74) is 9.42. The highest BCUT2D eigenvalue weighted by molar-refractivity contribution is 5.73. The van der Waals surface area contributed by atoms with E-state index in [0.717, 1.165) is 24.5 Å². The van der Waals surface area contributed by atoms with E-state index in [9.17, 15) is 0 Å². The van der Waals surface area contributed by atoms with Crippen molar-refractivity contribution in [2.75, 3.05) is 0 Å². The molecule has 0 aliphatic heterocycles. The number of aromatic nitrogens is 4. The van der Waals surface area contributed by atoms with Crippen molar-refractivity contribution in [3.63, 3.8) is 0 Å². The van der Waals surface area contributed by atoms with E-state index in [1.54, 1.807) is 0 Å². The second kappa shape index (κ2) is 7.47. The van der Waals surface area contributed by atoms with Gasteiger partial charge in [0.1, 0.15) is 0 Å². The van der Waals surface area contributed by atoms with Crippen LogP contribution >= 0.6 is 0 Å². The zero-order valence-corrected chi connectivity index (χ0v) is 17.0. The summed E-state index contributed by atoms with van der Waals surface area (Å²) in [5, 5.41) is 9.67. The number of nitrogens with zero attached hydrogens (tertiary/aromatic N) is 4.